The van der Waals surface area contributed by atoms with Crippen LogP contribution in [0.1, 0.15) is 50.3 Å². The zero-order valence-corrected chi connectivity index (χ0v) is 12.8. The van der Waals surface area contributed by atoms with E-state index in [1.807, 2.05) is 0 Å². The Hall–Kier alpha value is -2.61. The number of hydrogen-bond donors (Lipinski definition) is 0. The van der Waals surface area contributed by atoms with Gasteiger partial charge in [-0.05, 0) is 25.0 Å². The molecule has 8 heteroatoms. The summed E-state index contributed by atoms with van der Waals surface area (Å²) in [6, 6.07) is 6.88. The molecule has 0 saturated heterocycles. The highest BCUT2D eigenvalue weighted by Crippen LogP contribution is 2.39. The number of aromatic nitrogens is 4. The average molecular weight is 325 g/mol. The Morgan fingerprint density at radius 3 is 2.43 bits per heavy atom. The highest BCUT2D eigenvalue weighted by atomic mass is 32.1. The molecule has 7 nitrogen and oxygen atoms in total. The summed E-state index contributed by atoms with van der Waals surface area (Å²) in [6.07, 6.45) is 2.23. The van der Waals surface area contributed by atoms with Crippen molar-refractivity contribution in [2.45, 2.75) is 25.3 Å². The van der Waals surface area contributed by atoms with E-state index in [2.05, 4.69) is 15.3 Å². The van der Waals surface area contributed by atoms with E-state index in [-0.39, 0.29) is 18.4 Å². The van der Waals surface area contributed by atoms with Crippen LogP contribution in [0.5, 0.6) is 0 Å². The Kier molecular flexibility index (Phi) is 2.49. The van der Waals surface area contributed by atoms with E-state index >= 15 is 0 Å². The first-order valence-corrected chi connectivity index (χ1v) is 8.20. The molecule has 2 aliphatic rings. The lowest BCUT2D eigenvalue weighted by atomic mass is 10.1. The van der Waals surface area contributed by atoms with Crippen LogP contribution in [0.15, 0.2) is 24.3 Å². The first kappa shape index (κ1) is 12.9. The summed E-state index contributed by atoms with van der Waals surface area (Å²) in [6.45, 7) is 0.171. The molecule has 0 radical (unpaired) electrons. The number of carbonyl (C=O) groups is 2. The molecule has 0 unspecified atom stereocenters. The fourth-order valence-electron chi connectivity index (χ4n) is 2.85. The normalized spacial score (nSPS) is 17.3. The van der Waals surface area contributed by atoms with Crippen molar-refractivity contribution in [3.63, 3.8) is 0 Å². The van der Waals surface area contributed by atoms with Crippen LogP contribution in [0.25, 0.3) is 4.96 Å². The van der Waals surface area contributed by atoms with Crippen LogP contribution in [-0.4, -0.2) is 36.5 Å². The molecule has 3 aromatic rings. The van der Waals surface area contributed by atoms with Crippen molar-refractivity contribution in [3.05, 3.63) is 46.2 Å². The van der Waals surface area contributed by atoms with Crippen LogP contribution in [0.3, 0.4) is 0 Å². The molecule has 0 atom stereocenters. The van der Waals surface area contributed by atoms with Crippen LogP contribution in [-0.2, 0) is 6.54 Å². The van der Waals surface area contributed by atoms with Gasteiger partial charge in [0, 0.05) is 5.92 Å². The maximum atomic E-state index is 12.4. The van der Waals surface area contributed by atoms with Crippen molar-refractivity contribution in [2.24, 2.45) is 0 Å². The van der Waals surface area contributed by atoms with Gasteiger partial charge in [0.25, 0.3) is 11.8 Å². The minimum atomic E-state index is -0.265. The average Bonchev–Trinajstić information content (AvgIpc) is 3.14. The number of amides is 2. The quantitative estimate of drug-likeness (QED) is 0.687. The van der Waals surface area contributed by atoms with Crippen molar-refractivity contribution >= 4 is 28.1 Å². The number of hydrogen-bond acceptors (Lipinski definition) is 6. The fraction of sp³-hybridized carbons (Fsp3) is 0.267. The van der Waals surface area contributed by atoms with Gasteiger partial charge in [-0.2, -0.15) is 9.61 Å². The number of benzene rings is 1. The lowest BCUT2D eigenvalue weighted by molar-refractivity contribution is 0.0642. The Morgan fingerprint density at radius 1 is 1.09 bits per heavy atom. The third-order valence-corrected chi connectivity index (χ3v) is 5.05. The molecular weight excluding hydrogens is 314 g/mol. The standard InChI is InChI=1S/C15H11N5O2S/c21-13-9-3-1-2-4-10(9)14(22)19(13)7-11-18-20-12(8-5-6-8)16-17-15(20)23-11/h1-4,8H,5-7H2. The first-order chi connectivity index (χ1) is 11.2. The third-order valence-electron chi connectivity index (χ3n) is 4.17. The minimum absolute atomic E-state index is 0.171. The maximum absolute atomic E-state index is 12.4. The summed E-state index contributed by atoms with van der Waals surface area (Å²) in [5, 5.41) is 13.5. The molecule has 3 heterocycles. The molecule has 0 bridgehead atoms. The number of rotatable bonds is 3. The topological polar surface area (TPSA) is 80.5 Å². The molecule has 23 heavy (non-hydrogen) atoms. The van der Waals surface area contributed by atoms with Gasteiger partial charge in [-0.15, -0.1) is 10.2 Å². The summed E-state index contributed by atoms with van der Waals surface area (Å²) in [5.74, 6) is 0.794. The molecule has 114 valence electrons. The second-order valence-corrected chi connectivity index (χ2v) is 6.81. The van der Waals surface area contributed by atoms with Crippen molar-refractivity contribution < 1.29 is 9.59 Å². The van der Waals surface area contributed by atoms with Crippen LogP contribution < -0.4 is 0 Å². The minimum Gasteiger partial charge on any atom is -0.269 e. The van der Waals surface area contributed by atoms with Gasteiger partial charge < -0.3 is 0 Å². The van der Waals surface area contributed by atoms with Gasteiger partial charge in [-0.1, -0.05) is 23.5 Å². The van der Waals surface area contributed by atoms with Crippen LogP contribution in [0, 0.1) is 0 Å². The summed E-state index contributed by atoms with van der Waals surface area (Å²) in [7, 11) is 0. The van der Waals surface area contributed by atoms with E-state index < -0.39 is 0 Å². The number of nitrogens with zero attached hydrogens (tertiary/aromatic N) is 5. The predicted octanol–water partition coefficient (Wildman–Crippen LogP) is 1.86. The van der Waals surface area contributed by atoms with Gasteiger partial charge in [0.2, 0.25) is 4.96 Å². The van der Waals surface area contributed by atoms with Crippen LogP contribution in [0.2, 0.25) is 0 Å². The largest absolute Gasteiger partial charge is 0.269 e. The molecule has 1 aromatic carbocycles. The third kappa shape index (κ3) is 1.84. The predicted molar refractivity (Wildman–Crippen MR) is 81.3 cm³/mol. The highest BCUT2D eigenvalue weighted by molar-refractivity contribution is 7.16. The lowest BCUT2D eigenvalue weighted by Crippen LogP contribution is -2.29. The number of carbonyl (C=O) groups excluding carboxylic acids is 2. The summed E-state index contributed by atoms with van der Waals surface area (Å²) in [5.41, 5.74) is 0.915. The van der Waals surface area contributed by atoms with E-state index in [9.17, 15) is 9.59 Å². The van der Waals surface area contributed by atoms with Gasteiger partial charge in [-0.3, -0.25) is 14.5 Å². The van der Waals surface area contributed by atoms with E-state index in [1.165, 1.54) is 16.2 Å². The van der Waals surface area contributed by atoms with Crippen molar-refractivity contribution in [3.8, 4) is 0 Å². The summed E-state index contributed by atoms with van der Waals surface area (Å²) < 4.78 is 1.75. The van der Waals surface area contributed by atoms with E-state index in [4.69, 9.17) is 0 Å². The monoisotopic (exact) mass is 325 g/mol. The van der Waals surface area contributed by atoms with Gasteiger partial charge >= 0.3 is 0 Å². The van der Waals surface area contributed by atoms with Gasteiger partial charge in [-0.25, -0.2) is 0 Å². The molecule has 1 fully saturated rings. The van der Waals surface area contributed by atoms with Gasteiger partial charge in [0.1, 0.15) is 5.01 Å². The smallest absolute Gasteiger partial charge is 0.261 e. The van der Waals surface area contributed by atoms with Gasteiger partial charge in [0.05, 0.1) is 17.7 Å². The van der Waals surface area contributed by atoms with E-state index in [0.717, 1.165) is 18.7 Å². The van der Waals surface area contributed by atoms with E-state index in [0.29, 0.717) is 27.0 Å². The second kappa shape index (κ2) is 4.45. The zero-order chi connectivity index (χ0) is 15.6. The summed E-state index contributed by atoms with van der Waals surface area (Å²) >= 11 is 1.37. The molecule has 1 aliphatic heterocycles. The number of imide groups is 1. The molecule has 0 N–H and O–H groups in total. The molecular formula is C15H11N5O2S. The second-order valence-electron chi connectivity index (χ2n) is 5.76. The molecule has 1 aliphatic carbocycles. The van der Waals surface area contributed by atoms with E-state index in [1.54, 1.807) is 28.8 Å². The maximum Gasteiger partial charge on any atom is 0.261 e. The Morgan fingerprint density at radius 2 is 1.78 bits per heavy atom. The Labute approximate surface area is 134 Å². The highest BCUT2D eigenvalue weighted by Gasteiger charge is 2.36. The SMILES string of the molecule is O=C1c2ccccc2C(=O)N1Cc1nn2c(C3CC3)nnc2s1. The molecule has 1 saturated carbocycles. The van der Waals surface area contributed by atoms with Crippen molar-refractivity contribution in [1.82, 2.24) is 24.7 Å². The molecule has 2 amide bonds. The number of fused-ring (bicyclic) bond motifs is 2. The van der Waals surface area contributed by atoms with Crippen molar-refractivity contribution in [1.29, 1.82) is 0 Å². The fourth-order valence-corrected chi connectivity index (χ4v) is 3.68. The molecule has 5 rings (SSSR count). The lowest BCUT2D eigenvalue weighted by Gasteiger charge is -2.10. The Bertz CT molecular complexity index is 936. The van der Waals surface area contributed by atoms with Crippen LogP contribution in [0.4, 0.5) is 0 Å². The first-order valence-electron chi connectivity index (χ1n) is 7.38. The summed E-state index contributed by atoms with van der Waals surface area (Å²) in [4.78, 5) is 26.7. The zero-order valence-electron chi connectivity index (χ0n) is 12.0. The molecule has 2 aromatic heterocycles. The van der Waals surface area contributed by atoms with Gasteiger partial charge in [0.15, 0.2) is 5.82 Å². The van der Waals surface area contributed by atoms with Crippen molar-refractivity contribution in [2.75, 3.05) is 0 Å². The van der Waals surface area contributed by atoms with Crippen LogP contribution >= 0.6 is 11.3 Å². The Balaban J connectivity index is 1.48. The molecule has 0 spiro atoms.